The van der Waals surface area contributed by atoms with Crippen molar-refractivity contribution in [2.75, 3.05) is 26.2 Å². The van der Waals surface area contributed by atoms with E-state index in [2.05, 4.69) is 10.6 Å². The van der Waals surface area contributed by atoms with Crippen molar-refractivity contribution in [3.8, 4) is 0 Å². The lowest BCUT2D eigenvalue weighted by atomic mass is 10.00. The Bertz CT molecular complexity index is 290. The SMILES string of the molecule is CCNC(=O)C1CNCCN1C(=O)C(CC)CC. The van der Waals surface area contributed by atoms with Gasteiger partial charge in [0.2, 0.25) is 11.8 Å². The van der Waals surface area contributed by atoms with E-state index >= 15 is 0 Å². The molecule has 1 unspecified atom stereocenters. The summed E-state index contributed by atoms with van der Waals surface area (Å²) in [6, 6.07) is -0.355. The predicted octanol–water partition coefficient (Wildman–Crippen LogP) is 0.359. The Morgan fingerprint density at radius 2 is 2.00 bits per heavy atom. The molecule has 104 valence electrons. The van der Waals surface area contributed by atoms with Crippen molar-refractivity contribution in [2.45, 2.75) is 39.7 Å². The Hall–Kier alpha value is -1.10. The van der Waals surface area contributed by atoms with E-state index in [1.165, 1.54) is 0 Å². The quantitative estimate of drug-likeness (QED) is 0.745. The summed E-state index contributed by atoms with van der Waals surface area (Å²) < 4.78 is 0. The van der Waals surface area contributed by atoms with Gasteiger partial charge in [0.15, 0.2) is 0 Å². The maximum atomic E-state index is 12.4. The van der Waals surface area contributed by atoms with E-state index in [1.807, 2.05) is 20.8 Å². The van der Waals surface area contributed by atoms with Gasteiger partial charge in [-0.3, -0.25) is 9.59 Å². The number of likely N-dealkylation sites (N-methyl/N-ethyl adjacent to an activating group) is 1. The molecule has 0 radical (unpaired) electrons. The van der Waals surface area contributed by atoms with Crippen molar-refractivity contribution in [2.24, 2.45) is 5.92 Å². The minimum atomic E-state index is -0.355. The van der Waals surface area contributed by atoms with Gasteiger partial charge in [-0.2, -0.15) is 0 Å². The van der Waals surface area contributed by atoms with E-state index in [0.29, 0.717) is 19.6 Å². The van der Waals surface area contributed by atoms with Gasteiger partial charge in [-0.25, -0.2) is 0 Å². The second-order valence-corrected chi connectivity index (χ2v) is 4.66. The highest BCUT2D eigenvalue weighted by molar-refractivity contribution is 5.89. The molecule has 1 aliphatic rings. The fourth-order valence-corrected chi connectivity index (χ4v) is 2.37. The molecule has 18 heavy (non-hydrogen) atoms. The first-order valence-corrected chi connectivity index (χ1v) is 6.94. The maximum Gasteiger partial charge on any atom is 0.244 e. The van der Waals surface area contributed by atoms with Gasteiger partial charge < -0.3 is 15.5 Å². The van der Waals surface area contributed by atoms with Crippen molar-refractivity contribution in [3.63, 3.8) is 0 Å². The third kappa shape index (κ3) is 3.45. The van der Waals surface area contributed by atoms with Crippen LogP contribution in [0.15, 0.2) is 0 Å². The van der Waals surface area contributed by atoms with E-state index in [0.717, 1.165) is 19.4 Å². The van der Waals surface area contributed by atoms with Crippen molar-refractivity contribution < 1.29 is 9.59 Å². The van der Waals surface area contributed by atoms with Gasteiger partial charge in [-0.15, -0.1) is 0 Å². The smallest absolute Gasteiger partial charge is 0.244 e. The molecule has 1 atom stereocenters. The summed E-state index contributed by atoms with van der Waals surface area (Å²) in [5.74, 6) is 0.113. The summed E-state index contributed by atoms with van der Waals surface area (Å²) in [5.41, 5.74) is 0. The van der Waals surface area contributed by atoms with E-state index in [-0.39, 0.29) is 23.8 Å². The first kappa shape index (κ1) is 15.0. The van der Waals surface area contributed by atoms with E-state index in [9.17, 15) is 9.59 Å². The van der Waals surface area contributed by atoms with Gasteiger partial charge in [0.05, 0.1) is 0 Å². The largest absolute Gasteiger partial charge is 0.355 e. The molecule has 0 spiro atoms. The summed E-state index contributed by atoms with van der Waals surface area (Å²) in [6.07, 6.45) is 1.67. The minimum Gasteiger partial charge on any atom is -0.355 e. The number of piperazine rings is 1. The number of hydrogen-bond acceptors (Lipinski definition) is 3. The highest BCUT2D eigenvalue weighted by Crippen LogP contribution is 2.15. The molecule has 2 N–H and O–H groups in total. The zero-order valence-corrected chi connectivity index (χ0v) is 11.7. The third-order valence-electron chi connectivity index (χ3n) is 3.51. The van der Waals surface area contributed by atoms with E-state index < -0.39 is 0 Å². The van der Waals surface area contributed by atoms with Gasteiger partial charge in [0.25, 0.3) is 0 Å². The van der Waals surface area contributed by atoms with Crippen LogP contribution in [0.3, 0.4) is 0 Å². The van der Waals surface area contributed by atoms with Crippen LogP contribution < -0.4 is 10.6 Å². The maximum absolute atomic E-state index is 12.4. The van der Waals surface area contributed by atoms with Crippen LogP contribution in [-0.4, -0.2) is 48.9 Å². The lowest BCUT2D eigenvalue weighted by Crippen LogP contribution is -2.60. The van der Waals surface area contributed by atoms with Crippen LogP contribution in [0.2, 0.25) is 0 Å². The average molecular weight is 255 g/mol. The van der Waals surface area contributed by atoms with Crippen LogP contribution in [-0.2, 0) is 9.59 Å². The summed E-state index contributed by atoms with van der Waals surface area (Å²) in [7, 11) is 0. The summed E-state index contributed by atoms with van der Waals surface area (Å²) in [4.78, 5) is 26.1. The molecule has 0 aromatic heterocycles. The first-order chi connectivity index (χ1) is 8.65. The summed E-state index contributed by atoms with van der Waals surface area (Å²) >= 11 is 0. The zero-order chi connectivity index (χ0) is 13.5. The number of nitrogens with one attached hydrogen (secondary N) is 2. The number of carbonyl (C=O) groups is 2. The molecule has 0 aliphatic carbocycles. The summed E-state index contributed by atoms with van der Waals surface area (Å²) in [6.45, 7) is 8.48. The molecule has 0 saturated carbocycles. The molecule has 1 saturated heterocycles. The van der Waals surface area contributed by atoms with Crippen LogP contribution in [0.25, 0.3) is 0 Å². The molecule has 1 fully saturated rings. The van der Waals surface area contributed by atoms with Gasteiger partial charge in [0.1, 0.15) is 6.04 Å². The fraction of sp³-hybridized carbons (Fsp3) is 0.846. The van der Waals surface area contributed by atoms with Gasteiger partial charge >= 0.3 is 0 Å². The highest BCUT2D eigenvalue weighted by Gasteiger charge is 2.33. The first-order valence-electron chi connectivity index (χ1n) is 6.94. The molecule has 1 heterocycles. The lowest BCUT2D eigenvalue weighted by molar-refractivity contribution is -0.144. The van der Waals surface area contributed by atoms with Gasteiger partial charge in [0, 0.05) is 32.1 Å². The normalized spacial score (nSPS) is 20.0. The summed E-state index contributed by atoms with van der Waals surface area (Å²) in [5, 5.41) is 5.98. The van der Waals surface area contributed by atoms with Crippen molar-refractivity contribution in [1.29, 1.82) is 0 Å². The van der Waals surface area contributed by atoms with Crippen LogP contribution in [0.5, 0.6) is 0 Å². The molecule has 1 rings (SSSR count). The molecule has 5 heteroatoms. The Kier molecular flexibility index (Phi) is 6.12. The number of rotatable bonds is 5. The standard InChI is InChI=1S/C13H25N3O2/c1-4-10(5-2)13(18)16-8-7-14-9-11(16)12(17)15-6-3/h10-11,14H,4-9H2,1-3H3,(H,15,17). The Balaban J connectivity index is 2.75. The fourth-order valence-electron chi connectivity index (χ4n) is 2.37. The minimum absolute atomic E-state index is 0.0417. The van der Waals surface area contributed by atoms with E-state index in [1.54, 1.807) is 4.90 Å². The van der Waals surface area contributed by atoms with Crippen molar-refractivity contribution in [3.05, 3.63) is 0 Å². The second-order valence-electron chi connectivity index (χ2n) is 4.66. The van der Waals surface area contributed by atoms with Crippen LogP contribution in [0.4, 0.5) is 0 Å². The van der Waals surface area contributed by atoms with Crippen LogP contribution >= 0.6 is 0 Å². The van der Waals surface area contributed by atoms with Crippen molar-refractivity contribution >= 4 is 11.8 Å². The molecule has 2 amide bonds. The Morgan fingerprint density at radius 3 is 2.56 bits per heavy atom. The molecule has 1 aliphatic heterocycles. The average Bonchev–Trinajstić information content (AvgIpc) is 2.40. The number of carbonyl (C=O) groups excluding carboxylic acids is 2. The second kappa shape index (κ2) is 7.36. The molecule has 0 aromatic carbocycles. The Labute approximate surface area is 109 Å². The zero-order valence-electron chi connectivity index (χ0n) is 11.7. The molecular weight excluding hydrogens is 230 g/mol. The van der Waals surface area contributed by atoms with Gasteiger partial charge in [-0.1, -0.05) is 13.8 Å². The monoisotopic (exact) mass is 255 g/mol. The number of hydrogen-bond donors (Lipinski definition) is 2. The Morgan fingerprint density at radius 1 is 1.33 bits per heavy atom. The lowest BCUT2D eigenvalue weighted by Gasteiger charge is -2.37. The van der Waals surface area contributed by atoms with Crippen molar-refractivity contribution in [1.82, 2.24) is 15.5 Å². The molecule has 5 nitrogen and oxygen atoms in total. The van der Waals surface area contributed by atoms with Crippen LogP contribution in [0, 0.1) is 5.92 Å². The van der Waals surface area contributed by atoms with Crippen LogP contribution in [0.1, 0.15) is 33.6 Å². The topological polar surface area (TPSA) is 61.4 Å². The number of amides is 2. The molecule has 0 bridgehead atoms. The number of nitrogens with zero attached hydrogens (tertiary/aromatic N) is 1. The highest BCUT2D eigenvalue weighted by atomic mass is 16.2. The molecular formula is C13H25N3O2. The third-order valence-corrected chi connectivity index (χ3v) is 3.51. The van der Waals surface area contributed by atoms with E-state index in [4.69, 9.17) is 0 Å². The molecule has 0 aromatic rings. The predicted molar refractivity (Wildman–Crippen MR) is 71.1 cm³/mol. The van der Waals surface area contributed by atoms with Gasteiger partial charge in [-0.05, 0) is 19.8 Å².